The second-order valence-electron chi connectivity index (χ2n) is 9.59. The standard InChI is InChI=1S/C19H34N4O3S/c1-27(25,26)23-4-2-13(3-5-23)11-21-18(24)22-12-19(20)16-7-14-6-15(9-16)10-17(19)8-14/h13-17H,2-12,20H2,1H3,(H2,21,22,24). The SMILES string of the molecule is CS(=O)(=O)N1CCC(CNC(=O)NCC2(N)C3CC4CC(C3)CC2C4)CC1. The van der Waals surface area contributed by atoms with E-state index in [4.69, 9.17) is 5.73 Å². The van der Waals surface area contributed by atoms with Gasteiger partial charge in [-0.15, -0.1) is 0 Å². The molecule has 154 valence electrons. The number of carbonyl (C=O) groups excluding carboxylic acids is 1. The van der Waals surface area contributed by atoms with Crippen LogP contribution in [0.15, 0.2) is 0 Å². The molecule has 1 aliphatic heterocycles. The summed E-state index contributed by atoms with van der Waals surface area (Å²) in [6.45, 7) is 2.26. The van der Waals surface area contributed by atoms with Crippen molar-refractivity contribution in [2.24, 2.45) is 35.3 Å². The Hall–Kier alpha value is -0.860. The first-order valence-corrected chi connectivity index (χ1v) is 12.3. The molecule has 0 aromatic rings. The molecule has 0 radical (unpaired) electrons. The molecule has 27 heavy (non-hydrogen) atoms. The van der Waals surface area contributed by atoms with Gasteiger partial charge in [-0.25, -0.2) is 17.5 Å². The van der Waals surface area contributed by atoms with Gasteiger partial charge >= 0.3 is 6.03 Å². The van der Waals surface area contributed by atoms with Crippen LogP contribution in [0, 0.1) is 29.6 Å². The molecule has 1 heterocycles. The van der Waals surface area contributed by atoms with Gasteiger partial charge in [0.2, 0.25) is 10.0 Å². The second-order valence-corrected chi connectivity index (χ2v) is 11.6. The molecule has 4 aliphatic carbocycles. The molecule has 4 saturated carbocycles. The summed E-state index contributed by atoms with van der Waals surface area (Å²) in [5.41, 5.74) is 6.60. The van der Waals surface area contributed by atoms with Crippen molar-refractivity contribution in [3.63, 3.8) is 0 Å². The van der Waals surface area contributed by atoms with E-state index in [1.54, 1.807) is 0 Å². The molecule has 0 aromatic heterocycles. The lowest BCUT2D eigenvalue weighted by atomic mass is 9.49. The fourth-order valence-corrected chi connectivity index (χ4v) is 7.20. The Morgan fingerprint density at radius 3 is 2.11 bits per heavy atom. The van der Waals surface area contributed by atoms with Crippen LogP contribution >= 0.6 is 0 Å². The lowest BCUT2D eigenvalue weighted by molar-refractivity contribution is -0.0529. The molecule has 0 unspecified atom stereocenters. The molecule has 5 aliphatic rings. The molecule has 1 saturated heterocycles. The molecule has 2 amide bonds. The van der Waals surface area contributed by atoms with Crippen molar-refractivity contribution in [2.45, 2.75) is 50.5 Å². The third-order valence-electron chi connectivity index (χ3n) is 7.81. The van der Waals surface area contributed by atoms with Crippen molar-refractivity contribution in [3.05, 3.63) is 0 Å². The van der Waals surface area contributed by atoms with Crippen LogP contribution in [-0.2, 0) is 10.0 Å². The quantitative estimate of drug-likeness (QED) is 0.645. The van der Waals surface area contributed by atoms with E-state index >= 15 is 0 Å². The minimum atomic E-state index is -3.10. The molecule has 4 bridgehead atoms. The number of amides is 2. The molecular formula is C19H34N4O3S. The number of piperidine rings is 1. The third-order valence-corrected chi connectivity index (χ3v) is 9.11. The Balaban J connectivity index is 1.21. The zero-order valence-electron chi connectivity index (χ0n) is 16.3. The van der Waals surface area contributed by atoms with E-state index < -0.39 is 10.0 Å². The van der Waals surface area contributed by atoms with Gasteiger partial charge in [-0.05, 0) is 74.5 Å². The Morgan fingerprint density at radius 1 is 1.04 bits per heavy atom. The largest absolute Gasteiger partial charge is 0.338 e. The highest BCUT2D eigenvalue weighted by Gasteiger charge is 2.55. The third kappa shape index (κ3) is 3.98. The summed E-state index contributed by atoms with van der Waals surface area (Å²) in [6, 6.07) is -0.140. The molecule has 0 atom stereocenters. The Kier molecular flexibility index (Phi) is 5.18. The lowest BCUT2D eigenvalue weighted by Gasteiger charge is -2.59. The van der Waals surface area contributed by atoms with Gasteiger partial charge < -0.3 is 16.4 Å². The number of hydrogen-bond acceptors (Lipinski definition) is 4. The lowest BCUT2D eigenvalue weighted by Crippen LogP contribution is -2.67. The minimum Gasteiger partial charge on any atom is -0.338 e. The summed E-state index contributed by atoms with van der Waals surface area (Å²) in [5, 5.41) is 6.01. The van der Waals surface area contributed by atoms with E-state index in [0.717, 1.165) is 24.7 Å². The first-order valence-electron chi connectivity index (χ1n) is 10.5. The van der Waals surface area contributed by atoms with Crippen LogP contribution in [0.2, 0.25) is 0 Å². The van der Waals surface area contributed by atoms with Gasteiger partial charge in [-0.3, -0.25) is 0 Å². The number of nitrogens with zero attached hydrogens (tertiary/aromatic N) is 1. The molecule has 0 spiro atoms. The Labute approximate surface area is 162 Å². The van der Waals surface area contributed by atoms with E-state index in [2.05, 4.69) is 10.6 Å². The molecule has 4 N–H and O–H groups in total. The molecular weight excluding hydrogens is 364 g/mol. The zero-order valence-corrected chi connectivity index (χ0v) is 17.1. The van der Waals surface area contributed by atoms with Gasteiger partial charge in [-0.2, -0.15) is 0 Å². The van der Waals surface area contributed by atoms with Crippen LogP contribution in [0.1, 0.15) is 44.9 Å². The zero-order chi connectivity index (χ0) is 19.2. The van der Waals surface area contributed by atoms with Gasteiger partial charge in [0.25, 0.3) is 0 Å². The Bertz CT molecular complexity index is 644. The van der Waals surface area contributed by atoms with Gasteiger partial charge in [0, 0.05) is 31.7 Å². The topological polar surface area (TPSA) is 105 Å². The summed E-state index contributed by atoms with van der Waals surface area (Å²) in [7, 11) is -3.10. The fraction of sp³-hybridized carbons (Fsp3) is 0.947. The number of nitrogens with two attached hydrogens (primary N) is 1. The number of hydrogen-bond donors (Lipinski definition) is 3. The number of carbonyl (C=O) groups is 1. The maximum absolute atomic E-state index is 12.3. The predicted octanol–water partition coefficient (Wildman–Crippen LogP) is 1.11. The maximum Gasteiger partial charge on any atom is 0.314 e. The summed E-state index contributed by atoms with van der Waals surface area (Å²) in [4.78, 5) is 12.3. The Morgan fingerprint density at radius 2 is 1.59 bits per heavy atom. The van der Waals surface area contributed by atoms with Gasteiger partial charge in [0.15, 0.2) is 0 Å². The highest BCUT2D eigenvalue weighted by Crippen LogP contribution is 2.57. The van der Waals surface area contributed by atoms with E-state index in [1.165, 1.54) is 42.7 Å². The summed E-state index contributed by atoms with van der Waals surface area (Å²) >= 11 is 0. The minimum absolute atomic E-state index is 0.140. The van der Waals surface area contributed by atoms with E-state index in [-0.39, 0.29) is 11.6 Å². The average Bonchev–Trinajstić information content (AvgIpc) is 2.62. The molecule has 7 nitrogen and oxygen atoms in total. The van der Waals surface area contributed by atoms with Crippen molar-refractivity contribution in [1.29, 1.82) is 0 Å². The second kappa shape index (κ2) is 7.19. The van der Waals surface area contributed by atoms with Crippen molar-refractivity contribution in [2.75, 3.05) is 32.4 Å². The number of nitrogens with one attached hydrogen (secondary N) is 2. The smallest absolute Gasteiger partial charge is 0.314 e. The molecule has 0 aromatic carbocycles. The number of rotatable bonds is 5. The monoisotopic (exact) mass is 398 g/mol. The van der Waals surface area contributed by atoms with Crippen molar-refractivity contribution in [3.8, 4) is 0 Å². The van der Waals surface area contributed by atoms with Crippen LogP contribution in [0.25, 0.3) is 0 Å². The van der Waals surface area contributed by atoms with E-state index in [9.17, 15) is 13.2 Å². The normalized spacial score (nSPS) is 39.5. The van der Waals surface area contributed by atoms with E-state index in [0.29, 0.717) is 43.9 Å². The average molecular weight is 399 g/mol. The van der Waals surface area contributed by atoms with Gasteiger partial charge in [-0.1, -0.05) is 0 Å². The number of sulfonamides is 1. The van der Waals surface area contributed by atoms with Crippen molar-refractivity contribution < 1.29 is 13.2 Å². The van der Waals surface area contributed by atoms with Gasteiger partial charge in [0.05, 0.1) is 6.26 Å². The highest BCUT2D eigenvalue weighted by molar-refractivity contribution is 7.88. The van der Waals surface area contributed by atoms with Crippen LogP contribution in [0.3, 0.4) is 0 Å². The van der Waals surface area contributed by atoms with Crippen LogP contribution < -0.4 is 16.4 Å². The van der Waals surface area contributed by atoms with Crippen LogP contribution in [0.5, 0.6) is 0 Å². The van der Waals surface area contributed by atoms with Crippen LogP contribution in [-0.4, -0.2) is 56.7 Å². The highest BCUT2D eigenvalue weighted by atomic mass is 32.2. The number of urea groups is 1. The fourth-order valence-electron chi connectivity index (χ4n) is 6.33. The summed E-state index contributed by atoms with van der Waals surface area (Å²) in [5.74, 6) is 3.21. The molecule has 5 fully saturated rings. The van der Waals surface area contributed by atoms with Gasteiger partial charge in [0.1, 0.15) is 0 Å². The van der Waals surface area contributed by atoms with Crippen LogP contribution in [0.4, 0.5) is 4.79 Å². The van der Waals surface area contributed by atoms with Crippen molar-refractivity contribution in [1.82, 2.24) is 14.9 Å². The van der Waals surface area contributed by atoms with Crippen molar-refractivity contribution >= 4 is 16.1 Å². The molecule has 8 heteroatoms. The summed E-state index contributed by atoms with van der Waals surface area (Å²) in [6.07, 6.45) is 9.21. The molecule has 5 rings (SSSR count). The predicted molar refractivity (Wildman–Crippen MR) is 105 cm³/mol. The van der Waals surface area contributed by atoms with E-state index in [1.807, 2.05) is 0 Å². The summed E-state index contributed by atoms with van der Waals surface area (Å²) < 4.78 is 24.7. The first-order chi connectivity index (χ1) is 12.7. The maximum atomic E-state index is 12.3. The first kappa shape index (κ1) is 19.5.